The van der Waals surface area contributed by atoms with Crippen molar-refractivity contribution in [3.63, 3.8) is 0 Å². The lowest BCUT2D eigenvalue weighted by molar-refractivity contribution is 0.102. The van der Waals surface area contributed by atoms with Crippen molar-refractivity contribution >= 4 is 11.6 Å². The second kappa shape index (κ2) is 5.65. The third kappa shape index (κ3) is 2.71. The molecule has 0 bridgehead atoms. The summed E-state index contributed by atoms with van der Waals surface area (Å²) in [4.78, 5) is 12.4. The SMILES string of the molecule is O=C(Nc1ccc2c(c1)CCO2)c1ccc(-n2cccc2)cc1. The van der Waals surface area contributed by atoms with Crippen LogP contribution in [0.3, 0.4) is 0 Å². The number of carbonyl (C=O) groups is 1. The number of carbonyl (C=O) groups excluding carboxylic acids is 1. The summed E-state index contributed by atoms with van der Waals surface area (Å²) in [6, 6.07) is 17.2. The van der Waals surface area contributed by atoms with Gasteiger partial charge in [-0.15, -0.1) is 0 Å². The molecule has 1 aliphatic heterocycles. The summed E-state index contributed by atoms with van der Waals surface area (Å²) in [6.45, 7) is 0.716. The van der Waals surface area contributed by atoms with E-state index in [1.807, 2.05) is 71.6 Å². The molecule has 2 heterocycles. The highest BCUT2D eigenvalue weighted by molar-refractivity contribution is 6.04. The molecule has 23 heavy (non-hydrogen) atoms. The number of aromatic nitrogens is 1. The minimum Gasteiger partial charge on any atom is -0.493 e. The van der Waals surface area contributed by atoms with Crippen molar-refractivity contribution in [2.45, 2.75) is 6.42 Å². The Morgan fingerprint density at radius 2 is 1.83 bits per heavy atom. The molecule has 1 N–H and O–H groups in total. The van der Waals surface area contributed by atoms with E-state index in [0.717, 1.165) is 29.1 Å². The number of hydrogen-bond acceptors (Lipinski definition) is 2. The van der Waals surface area contributed by atoms with Crippen LogP contribution in [0.15, 0.2) is 67.0 Å². The van der Waals surface area contributed by atoms with Crippen LogP contribution in [0.4, 0.5) is 5.69 Å². The van der Waals surface area contributed by atoms with E-state index in [9.17, 15) is 4.79 Å². The van der Waals surface area contributed by atoms with Crippen molar-refractivity contribution in [2.75, 3.05) is 11.9 Å². The normalized spacial score (nSPS) is 12.5. The van der Waals surface area contributed by atoms with Gasteiger partial charge in [0.2, 0.25) is 0 Å². The van der Waals surface area contributed by atoms with Crippen LogP contribution in [0.5, 0.6) is 5.75 Å². The first-order valence-corrected chi connectivity index (χ1v) is 7.60. The van der Waals surface area contributed by atoms with Gasteiger partial charge in [-0.05, 0) is 60.2 Å². The van der Waals surface area contributed by atoms with E-state index in [1.54, 1.807) is 0 Å². The molecule has 1 amide bonds. The Morgan fingerprint density at radius 3 is 2.61 bits per heavy atom. The van der Waals surface area contributed by atoms with Crippen LogP contribution in [-0.2, 0) is 6.42 Å². The molecule has 0 radical (unpaired) electrons. The maximum Gasteiger partial charge on any atom is 0.255 e. The van der Waals surface area contributed by atoms with Crippen LogP contribution in [0.1, 0.15) is 15.9 Å². The predicted octanol–water partition coefficient (Wildman–Crippen LogP) is 3.66. The summed E-state index contributed by atoms with van der Waals surface area (Å²) in [5, 5.41) is 2.94. The molecule has 2 aromatic carbocycles. The van der Waals surface area contributed by atoms with Crippen molar-refractivity contribution < 1.29 is 9.53 Å². The number of fused-ring (bicyclic) bond motifs is 1. The summed E-state index contributed by atoms with van der Waals surface area (Å²) in [5.41, 5.74) is 3.61. The van der Waals surface area contributed by atoms with Gasteiger partial charge in [-0.3, -0.25) is 4.79 Å². The fourth-order valence-corrected chi connectivity index (χ4v) is 2.76. The third-order valence-electron chi connectivity index (χ3n) is 3.98. The fraction of sp³-hybridized carbons (Fsp3) is 0.105. The Hall–Kier alpha value is -3.01. The number of ether oxygens (including phenoxy) is 1. The third-order valence-corrected chi connectivity index (χ3v) is 3.98. The van der Waals surface area contributed by atoms with Gasteiger partial charge < -0.3 is 14.6 Å². The standard InChI is InChI=1S/C19H16N2O2/c22-19(20-16-5-8-18-15(13-16)9-12-23-18)14-3-6-17(7-4-14)21-10-1-2-11-21/h1-8,10-11,13H,9,12H2,(H,20,22). The second-order valence-electron chi connectivity index (χ2n) is 5.51. The summed E-state index contributed by atoms with van der Waals surface area (Å²) >= 11 is 0. The van der Waals surface area contributed by atoms with E-state index in [0.29, 0.717) is 12.2 Å². The first kappa shape index (κ1) is 13.6. The highest BCUT2D eigenvalue weighted by Gasteiger charge is 2.13. The van der Waals surface area contributed by atoms with Crippen molar-refractivity contribution in [2.24, 2.45) is 0 Å². The molecule has 1 aromatic heterocycles. The van der Waals surface area contributed by atoms with Crippen molar-refractivity contribution in [1.82, 2.24) is 4.57 Å². The Kier molecular flexibility index (Phi) is 3.35. The van der Waals surface area contributed by atoms with Crippen LogP contribution in [0.2, 0.25) is 0 Å². The molecular weight excluding hydrogens is 288 g/mol. The smallest absolute Gasteiger partial charge is 0.255 e. The number of benzene rings is 2. The van der Waals surface area contributed by atoms with Gasteiger partial charge >= 0.3 is 0 Å². The Morgan fingerprint density at radius 1 is 1.04 bits per heavy atom. The van der Waals surface area contributed by atoms with Crippen LogP contribution < -0.4 is 10.1 Å². The highest BCUT2D eigenvalue weighted by atomic mass is 16.5. The topological polar surface area (TPSA) is 43.3 Å². The zero-order chi connectivity index (χ0) is 15.6. The van der Waals surface area contributed by atoms with Crippen LogP contribution in [-0.4, -0.2) is 17.1 Å². The van der Waals surface area contributed by atoms with Gasteiger partial charge in [-0.2, -0.15) is 0 Å². The molecule has 4 heteroatoms. The number of rotatable bonds is 3. The zero-order valence-corrected chi connectivity index (χ0v) is 12.5. The number of hydrogen-bond donors (Lipinski definition) is 1. The lowest BCUT2D eigenvalue weighted by atomic mass is 10.1. The maximum atomic E-state index is 12.4. The molecule has 3 aromatic rings. The predicted molar refractivity (Wildman–Crippen MR) is 89.4 cm³/mol. The van der Waals surface area contributed by atoms with E-state index in [2.05, 4.69) is 5.32 Å². The number of amides is 1. The summed E-state index contributed by atoms with van der Waals surface area (Å²) in [7, 11) is 0. The van der Waals surface area contributed by atoms with Gasteiger partial charge in [-0.1, -0.05) is 0 Å². The van der Waals surface area contributed by atoms with E-state index < -0.39 is 0 Å². The Bertz CT molecular complexity index is 836. The van der Waals surface area contributed by atoms with E-state index >= 15 is 0 Å². The lowest BCUT2D eigenvalue weighted by Gasteiger charge is -2.08. The lowest BCUT2D eigenvalue weighted by Crippen LogP contribution is -2.12. The fourth-order valence-electron chi connectivity index (χ4n) is 2.76. The summed E-state index contributed by atoms with van der Waals surface area (Å²) in [5.74, 6) is 0.807. The monoisotopic (exact) mass is 304 g/mol. The molecule has 4 rings (SSSR count). The van der Waals surface area contributed by atoms with Gasteiger partial charge in [0, 0.05) is 35.8 Å². The molecular formula is C19H16N2O2. The van der Waals surface area contributed by atoms with Crippen molar-refractivity contribution in [1.29, 1.82) is 0 Å². The van der Waals surface area contributed by atoms with Crippen LogP contribution in [0, 0.1) is 0 Å². The molecule has 0 fully saturated rings. The Labute approximate surface area is 134 Å². The molecule has 114 valence electrons. The minimum atomic E-state index is -0.108. The van der Waals surface area contributed by atoms with Gasteiger partial charge in [0.05, 0.1) is 6.61 Å². The van der Waals surface area contributed by atoms with Gasteiger partial charge in [0.25, 0.3) is 5.91 Å². The van der Waals surface area contributed by atoms with Crippen molar-refractivity contribution in [3.8, 4) is 11.4 Å². The number of nitrogens with one attached hydrogen (secondary N) is 1. The summed E-state index contributed by atoms with van der Waals surface area (Å²) < 4.78 is 7.48. The van der Waals surface area contributed by atoms with Crippen LogP contribution in [0.25, 0.3) is 5.69 Å². The molecule has 0 saturated carbocycles. The molecule has 1 aliphatic rings. The quantitative estimate of drug-likeness (QED) is 0.802. The molecule has 0 atom stereocenters. The number of anilines is 1. The van der Waals surface area contributed by atoms with Crippen LogP contribution >= 0.6 is 0 Å². The number of nitrogens with zero attached hydrogens (tertiary/aromatic N) is 1. The molecule has 0 saturated heterocycles. The minimum absolute atomic E-state index is 0.108. The van der Waals surface area contributed by atoms with E-state index in [1.165, 1.54) is 0 Å². The first-order chi connectivity index (χ1) is 11.3. The average molecular weight is 304 g/mol. The largest absolute Gasteiger partial charge is 0.493 e. The molecule has 0 aliphatic carbocycles. The van der Waals surface area contributed by atoms with E-state index in [4.69, 9.17) is 4.74 Å². The van der Waals surface area contributed by atoms with Gasteiger partial charge in [-0.25, -0.2) is 0 Å². The highest BCUT2D eigenvalue weighted by Crippen LogP contribution is 2.28. The first-order valence-electron chi connectivity index (χ1n) is 7.60. The molecule has 0 unspecified atom stereocenters. The van der Waals surface area contributed by atoms with E-state index in [-0.39, 0.29) is 5.91 Å². The van der Waals surface area contributed by atoms with Gasteiger partial charge in [0.15, 0.2) is 0 Å². The molecule has 4 nitrogen and oxygen atoms in total. The summed E-state index contributed by atoms with van der Waals surface area (Å²) in [6.07, 6.45) is 4.84. The van der Waals surface area contributed by atoms with Crippen molar-refractivity contribution in [3.05, 3.63) is 78.1 Å². The molecule has 0 spiro atoms. The second-order valence-corrected chi connectivity index (χ2v) is 5.51. The Balaban J connectivity index is 1.51. The maximum absolute atomic E-state index is 12.4. The zero-order valence-electron chi connectivity index (χ0n) is 12.5. The average Bonchev–Trinajstić information content (AvgIpc) is 3.26. The van der Waals surface area contributed by atoms with Gasteiger partial charge in [0.1, 0.15) is 5.75 Å².